The molecule has 0 fully saturated rings. The van der Waals surface area contributed by atoms with Gasteiger partial charge >= 0.3 is 0 Å². The molecule has 0 aliphatic heterocycles. The molecule has 2 N–H and O–H groups in total. The van der Waals surface area contributed by atoms with E-state index in [4.69, 9.17) is 5.73 Å². The SMILES string of the molecule is Cc1c(N)cccc1S(=O)(=O)N(C)Cc1ccc(F)cc1. The highest BCUT2D eigenvalue weighted by atomic mass is 32.2. The van der Waals surface area contributed by atoms with Crippen molar-refractivity contribution in [1.82, 2.24) is 4.31 Å². The lowest BCUT2D eigenvalue weighted by Crippen LogP contribution is -2.27. The Balaban J connectivity index is 2.30. The molecule has 0 aliphatic carbocycles. The highest BCUT2D eigenvalue weighted by molar-refractivity contribution is 7.89. The van der Waals surface area contributed by atoms with Crippen molar-refractivity contribution in [2.45, 2.75) is 18.4 Å². The second kappa shape index (κ2) is 5.83. The van der Waals surface area contributed by atoms with Crippen LogP contribution in [0.25, 0.3) is 0 Å². The Morgan fingerprint density at radius 2 is 1.76 bits per heavy atom. The highest BCUT2D eigenvalue weighted by Gasteiger charge is 2.23. The minimum atomic E-state index is -3.64. The molecule has 2 rings (SSSR count). The molecular weight excluding hydrogens is 291 g/mol. The van der Waals surface area contributed by atoms with Crippen molar-refractivity contribution in [3.05, 3.63) is 59.4 Å². The summed E-state index contributed by atoms with van der Waals surface area (Å²) >= 11 is 0. The van der Waals surface area contributed by atoms with Crippen molar-refractivity contribution in [3.63, 3.8) is 0 Å². The van der Waals surface area contributed by atoms with E-state index >= 15 is 0 Å². The molecule has 0 radical (unpaired) electrons. The lowest BCUT2D eigenvalue weighted by molar-refractivity contribution is 0.466. The first kappa shape index (κ1) is 15.5. The fraction of sp³-hybridized carbons (Fsp3) is 0.200. The second-order valence-electron chi connectivity index (χ2n) is 4.86. The fourth-order valence-corrected chi connectivity index (χ4v) is 3.42. The van der Waals surface area contributed by atoms with Crippen LogP contribution in [0.4, 0.5) is 10.1 Å². The fourth-order valence-electron chi connectivity index (χ4n) is 2.01. The quantitative estimate of drug-likeness (QED) is 0.883. The monoisotopic (exact) mass is 308 g/mol. The van der Waals surface area contributed by atoms with E-state index in [0.717, 1.165) is 0 Å². The van der Waals surface area contributed by atoms with Crippen LogP contribution in [0.15, 0.2) is 47.4 Å². The molecule has 2 aromatic rings. The van der Waals surface area contributed by atoms with Crippen molar-refractivity contribution >= 4 is 15.7 Å². The zero-order chi connectivity index (χ0) is 15.6. The largest absolute Gasteiger partial charge is 0.398 e. The van der Waals surface area contributed by atoms with Gasteiger partial charge in [-0.05, 0) is 42.3 Å². The molecule has 0 bridgehead atoms. The molecule has 0 amide bonds. The van der Waals surface area contributed by atoms with Gasteiger partial charge in [0.25, 0.3) is 0 Å². The third-order valence-electron chi connectivity index (χ3n) is 3.33. The Bertz CT molecular complexity index is 743. The summed E-state index contributed by atoms with van der Waals surface area (Å²) in [5.41, 5.74) is 7.44. The van der Waals surface area contributed by atoms with Crippen molar-refractivity contribution in [2.24, 2.45) is 0 Å². The standard InChI is InChI=1S/C15H17FN2O2S/c1-11-14(17)4-3-5-15(11)21(19,20)18(2)10-12-6-8-13(16)9-7-12/h3-9H,10,17H2,1-2H3. The van der Waals surface area contributed by atoms with Crippen LogP contribution < -0.4 is 5.73 Å². The van der Waals surface area contributed by atoms with Gasteiger partial charge in [-0.3, -0.25) is 0 Å². The summed E-state index contributed by atoms with van der Waals surface area (Å²) in [6.07, 6.45) is 0. The number of sulfonamides is 1. The van der Waals surface area contributed by atoms with Gasteiger partial charge in [-0.1, -0.05) is 18.2 Å². The number of hydrogen-bond donors (Lipinski definition) is 1. The van der Waals surface area contributed by atoms with Crippen LogP contribution in [0, 0.1) is 12.7 Å². The van der Waals surface area contributed by atoms with Crippen molar-refractivity contribution in [2.75, 3.05) is 12.8 Å². The molecule has 2 aromatic carbocycles. The molecule has 0 unspecified atom stereocenters. The Morgan fingerprint density at radius 1 is 1.14 bits per heavy atom. The average Bonchev–Trinajstić information content (AvgIpc) is 2.44. The number of rotatable bonds is 4. The van der Waals surface area contributed by atoms with Crippen LogP contribution in [0.3, 0.4) is 0 Å². The number of halogens is 1. The summed E-state index contributed by atoms with van der Waals surface area (Å²) in [5, 5.41) is 0. The predicted molar refractivity (Wildman–Crippen MR) is 80.6 cm³/mol. The number of hydrogen-bond acceptors (Lipinski definition) is 3. The molecular formula is C15H17FN2O2S. The van der Waals surface area contributed by atoms with E-state index in [1.54, 1.807) is 31.2 Å². The zero-order valence-electron chi connectivity index (χ0n) is 11.9. The van der Waals surface area contributed by atoms with E-state index in [0.29, 0.717) is 16.8 Å². The van der Waals surface area contributed by atoms with Crippen LogP contribution in [0.2, 0.25) is 0 Å². The summed E-state index contributed by atoms with van der Waals surface area (Å²) in [7, 11) is -2.15. The lowest BCUT2D eigenvalue weighted by atomic mass is 10.2. The molecule has 21 heavy (non-hydrogen) atoms. The van der Waals surface area contributed by atoms with Crippen LogP contribution >= 0.6 is 0 Å². The first-order valence-corrected chi connectivity index (χ1v) is 7.82. The predicted octanol–water partition coefficient (Wildman–Crippen LogP) is 2.54. The lowest BCUT2D eigenvalue weighted by Gasteiger charge is -2.19. The van der Waals surface area contributed by atoms with Crippen LogP contribution in [-0.2, 0) is 16.6 Å². The molecule has 0 aromatic heterocycles. The van der Waals surface area contributed by atoms with Gasteiger partial charge in [0, 0.05) is 19.3 Å². The minimum Gasteiger partial charge on any atom is -0.398 e. The maximum absolute atomic E-state index is 12.9. The van der Waals surface area contributed by atoms with Crippen molar-refractivity contribution < 1.29 is 12.8 Å². The summed E-state index contributed by atoms with van der Waals surface area (Å²) in [5.74, 6) is -0.351. The Morgan fingerprint density at radius 3 is 2.38 bits per heavy atom. The third kappa shape index (κ3) is 3.22. The number of benzene rings is 2. The maximum Gasteiger partial charge on any atom is 0.243 e. The minimum absolute atomic E-state index is 0.164. The zero-order valence-corrected chi connectivity index (χ0v) is 12.7. The number of nitrogens with two attached hydrogens (primary N) is 1. The first-order valence-electron chi connectivity index (χ1n) is 6.38. The van der Waals surface area contributed by atoms with Gasteiger partial charge in [-0.25, -0.2) is 12.8 Å². The summed E-state index contributed by atoms with van der Waals surface area (Å²) in [4.78, 5) is 0.187. The summed E-state index contributed by atoms with van der Waals surface area (Å²) in [6.45, 7) is 1.84. The van der Waals surface area contributed by atoms with Gasteiger partial charge in [-0.15, -0.1) is 0 Å². The van der Waals surface area contributed by atoms with Gasteiger partial charge in [-0.2, -0.15) is 4.31 Å². The van der Waals surface area contributed by atoms with E-state index in [9.17, 15) is 12.8 Å². The van der Waals surface area contributed by atoms with E-state index < -0.39 is 10.0 Å². The van der Waals surface area contributed by atoms with Crippen molar-refractivity contribution in [3.8, 4) is 0 Å². The molecule has 0 atom stereocenters. The smallest absolute Gasteiger partial charge is 0.243 e. The molecule has 0 aliphatic rings. The number of nitrogens with zero attached hydrogens (tertiary/aromatic N) is 1. The molecule has 0 spiro atoms. The Kier molecular flexibility index (Phi) is 4.29. The third-order valence-corrected chi connectivity index (χ3v) is 5.28. The second-order valence-corrected chi connectivity index (χ2v) is 6.87. The van der Waals surface area contributed by atoms with Gasteiger partial charge < -0.3 is 5.73 Å². The summed E-state index contributed by atoms with van der Waals surface area (Å²) < 4.78 is 39.2. The number of anilines is 1. The van der Waals surface area contributed by atoms with E-state index in [1.165, 1.54) is 29.6 Å². The molecule has 0 heterocycles. The van der Waals surface area contributed by atoms with Crippen LogP contribution in [-0.4, -0.2) is 19.8 Å². The molecule has 6 heteroatoms. The van der Waals surface area contributed by atoms with Crippen LogP contribution in [0.1, 0.15) is 11.1 Å². The Hall–Kier alpha value is -1.92. The normalized spacial score (nSPS) is 11.8. The van der Waals surface area contributed by atoms with Gasteiger partial charge in [0.1, 0.15) is 5.82 Å². The topological polar surface area (TPSA) is 63.4 Å². The Labute approximate surface area is 124 Å². The highest BCUT2D eigenvalue weighted by Crippen LogP contribution is 2.24. The van der Waals surface area contributed by atoms with Gasteiger partial charge in [0.05, 0.1) is 4.90 Å². The number of nitrogen functional groups attached to an aromatic ring is 1. The first-order chi connectivity index (χ1) is 9.82. The van der Waals surface area contributed by atoms with Crippen LogP contribution in [0.5, 0.6) is 0 Å². The molecule has 0 saturated carbocycles. The van der Waals surface area contributed by atoms with E-state index in [-0.39, 0.29) is 17.3 Å². The van der Waals surface area contributed by atoms with E-state index in [1.807, 2.05) is 0 Å². The van der Waals surface area contributed by atoms with Crippen molar-refractivity contribution in [1.29, 1.82) is 0 Å². The average molecular weight is 308 g/mol. The van der Waals surface area contributed by atoms with E-state index in [2.05, 4.69) is 0 Å². The summed E-state index contributed by atoms with van der Waals surface area (Å²) in [6, 6.07) is 10.5. The van der Waals surface area contributed by atoms with Gasteiger partial charge in [0.2, 0.25) is 10.0 Å². The van der Waals surface area contributed by atoms with Gasteiger partial charge in [0.15, 0.2) is 0 Å². The molecule has 112 valence electrons. The molecule has 0 saturated heterocycles. The maximum atomic E-state index is 12.9. The molecule has 4 nitrogen and oxygen atoms in total.